The molecule has 174 valence electrons. The molecule has 0 bridgehead atoms. The molecular formula is C22H22Cl2N4O3S2. The monoisotopic (exact) mass is 524 g/mol. The van der Waals surface area contributed by atoms with Gasteiger partial charge in [-0.3, -0.25) is 9.59 Å². The third kappa shape index (κ3) is 6.33. The molecule has 0 fully saturated rings. The van der Waals surface area contributed by atoms with Crippen molar-refractivity contribution in [3.8, 4) is 16.2 Å². The molecule has 3 aromatic rings. The van der Waals surface area contributed by atoms with Gasteiger partial charge in [0, 0.05) is 18.5 Å². The van der Waals surface area contributed by atoms with Crippen LogP contribution in [0.2, 0.25) is 10.0 Å². The van der Waals surface area contributed by atoms with Gasteiger partial charge < -0.3 is 15.3 Å². The van der Waals surface area contributed by atoms with Crippen LogP contribution in [0.3, 0.4) is 0 Å². The summed E-state index contributed by atoms with van der Waals surface area (Å²) in [5.74, 6) is -0.619. The first-order valence-electron chi connectivity index (χ1n) is 9.81. The van der Waals surface area contributed by atoms with Crippen LogP contribution in [0.15, 0.2) is 40.8 Å². The van der Waals surface area contributed by atoms with E-state index in [0.29, 0.717) is 42.5 Å². The molecule has 7 nitrogen and oxygen atoms in total. The van der Waals surface area contributed by atoms with Crippen molar-refractivity contribution in [2.75, 3.05) is 27.2 Å². The highest BCUT2D eigenvalue weighted by Gasteiger charge is 2.17. The first kappa shape index (κ1) is 25.2. The zero-order valence-electron chi connectivity index (χ0n) is 18.1. The molecule has 2 heterocycles. The van der Waals surface area contributed by atoms with E-state index in [1.165, 1.54) is 11.3 Å². The van der Waals surface area contributed by atoms with Gasteiger partial charge in [-0.2, -0.15) is 5.10 Å². The van der Waals surface area contributed by atoms with Gasteiger partial charge in [-0.25, -0.2) is 5.43 Å². The van der Waals surface area contributed by atoms with Gasteiger partial charge >= 0.3 is 0 Å². The average Bonchev–Trinajstić information content (AvgIpc) is 3.41. The van der Waals surface area contributed by atoms with Crippen LogP contribution in [-0.4, -0.2) is 54.7 Å². The molecule has 0 saturated carbocycles. The standard InChI is InChI=1S/C22H22Cl2N4O3S2/c1-12(14-11-32-20(19(14)29)13-4-5-15(23)16(24)10-13)26-27-22(31)18-7-6-17(33-18)21(30)25-8-9-28(2)3/h4-7,10-11,29H,8-9H2,1-3H3,(H,25,30)(H,27,31)/b26-12+. The zero-order chi connectivity index (χ0) is 24.1. The Balaban J connectivity index is 1.66. The molecule has 0 radical (unpaired) electrons. The van der Waals surface area contributed by atoms with Crippen molar-refractivity contribution in [1.82, 2.24) is 15.6 Å². The van der Waals surface area contributed by atoms with Crippen LogP contribution >= 0.6 is 45.9 Å². The fourth-order valence-electron chi connectivity index (χ4n) is 2.76. The van der Waals surface area contributed by atoms with Crippen molar-refractivity contribution < 1.29 is 14.7 Å². The summed E-state index contributed by atoms with van der Waals surface area (Å²) in [6, 6.07) is 8.30. The SMILES string of the molecule is C/C(=N\NC(=O)c1ccc(C(=O)NCCN(C)C)s1)c1csc(-c2ccc(Cl)c(Cl)c2)c1O. The van der Waals surface area contributed by atoms with E-state index in [9.17, 15) is 14.7 Å². The molecular weight excluding hydrogens is 503 g/mol. The quantitative estimate of drug-likeness (QED) is 0.287. The van der Waals surface area contributed by atoms with Crippen molar-refractivity contribution in [1.29, 1.82) is 0 Å². The van der Waals surface area contributed by atoms with E-state index >= 15 is 0 Å². The van der Waals surface area contributed by atoms with Gasteiger partial charge in [0.2, 0.25) is 0 Å². The maximum atomic E-state index is 12.5. The molecule has 3 N–H and O–H groups in total. The second-order valence-corrected chi connectivity index (χ2v) is 10.1. The summed E-state index contributed by atoms with van der Waals surface area (Å²) < 4.78 is 0. The largest absolute Gasteiger partial charge is 0.506 e. The average molecular weight is 525 g/mol. The first-order chi connectivity index (χ1) is 15.7. The van der Waals surface area contributed by atoms with Gasteiger partial charge in [-0.05, 0) is 50.8 Å². The van der Waals surface area contributed by atoms with Crippen LogP contribution in [-0.2, 0) is 0 Å². The summed E-state index contributed by atoms with van der Waals surface area (Å²) in [5.41, 5.74) is 4.13. The molecule has 33 heavy (non-hydrogen) atoms. The molecule has 2 aromatic heterocycles. The van der Waals surface area contributed by atoms with Crippen LogP contribution in [0.1, 0.15) is 31.8 Å². The van der Waals surface area contributed by atoms with E-state index in [-0.39, 0.29) is 11.7 Å². The van der Waals surface area contributed by atoms with Crippen molar-refractivity contribution in [3.05, 3.63) is 61.1 Å². The zero-order valence-corrected chi connectivity index (χ0v) is 21.3. The summed E-state index contributed by atoms with van der Waals surface area (Å²) >= 11 is 14.5. The van der Waals surface area contributed by atoms with Gasteiger partial charge in [0.25, 0.3) is 11.8 Å². The normalized spacial score (nSPS) is 11.6. The van der Waals surface area contributed by atoms with E-state index in [1.807, 2.05) is 19.0 Å². The van der Waals surface area contributed by atoms with E-state index in [4.69, 9.17) is 23.2 Å². The fourth-order valence-corrected chi connectivity index (χ4v) is 4.88. The number of amides is 2. The van der Waals surface area contributed by atoms with Crippen LogP contribution in [0.25, 0.3) is 10.4 Å². The Labute approximate surface area is 209 Å². The summed E-state index contributed by atoms with van der Waals surface area (Å²) in [6.07, 6.45) is 0. The van der Waals surface area contributed by atoms with Crippen LogP contribution in [0, 0.1) is 0 Å². The number of thiophene rings is 2. The van der Waals surface area contributed by atoms with Crippen molar-refractivity contribution in [2.24, 2.45) is 5.10 Å². The highest BCUT2D eigenvalue weighted by atomic mass is 35.5. The Hall–Kier alpha value is -2.43. The lowest BCUT2D eigenvalue weighted by molar-refractivity contribution is 0.0950. The highest BCUT2D eigenvalue weighted by Crippen LogP contribution is 2.40. The number of hydrogen-bond donors (Lipinski definition) is 3. The smallest absolute Gasteiger partial charge is 0.281 e. The molecule has 0 saturated heterocycles. The van der Waals surface area contributed by atoms with Gasteiger partial charge in [0.15, 0.2) is 0 Å². The number of benzene rings is 1. The molecule has 3 rings (SSSR count). The number of nitrogens with zero attached hydrogens (tertiary/aromatic N) is 2. The second-order valence-electron chi connectivity index (χ2n) is 7.32. The van der Waals surface area contributed by atoms with Crippen LogP contribution in [0.4, 0.5) is 0 Å². The molecule has 2 amide bonds. The van der Waals surface area contributed by atoms with Crippen LogP contribution in [0.5, 0.6) is 5.75 Å². The van der Waals surface area contributed by atoms with Crippen molar-refractivity contribution in [3.63, 3.8) is 0 Å². The minimum Gasteiger partial charge on any atom is -0.506 e. The van der Waals surface area contributed by atoms with E-state index in [1.54, 1.807) is 42.6 Å². The summed E-state index contributed by atoms with van der Waals surface area (Å²) in [7, 11) is 3.85. The van der Waals surface area contributed by atoms with Crippen molar-refractivity contribution >= 4 is 63.4 Å². The molecule has 0 aliphatic heterocycles. The van der Waals surface area contributed by atoms with E-state index < -0.39 is 5.91 Å². The Bertz CT molecular complexity index is 1200. The van der Waals surface area contributed by atoms with E-state index in [2.05, 4.69) is 15.8 Å². The lowest BCUT2D eigenvalue weighted by atomic mass is 10.1. The van der Waals surface area contributed by atoms with Gasteiger partial charge in [0.05, 0.1) is 36.0 Å². The molecule has 0 aliphatic carbocycles. The Morgan fingerprint density at radius 1 is 1.09 bits per heavy atom. The minimum absolute atomic E-state index is 0.0432. The topological polar surface area (TPSA) is 94.0 Å². The fraction of sp³-hybridized carbons (Fsp3) is 0.227. The number of rotatable bonds is 8. The number of hydrogen-bond acceptors (Lipinski definition) is 7. The maximum Gasteiger partial charge on any atom is 0.281 e. The number of carbonyl (C=O) groups is 2. The highest BCUT2D eigenvalue weighted by molar-refractivity contribution is 7.16. The second kappa shape index (κ2) is 11.1. The lowest BCUT2D eigenvalue weighted by Crippen LogP contribution is -2.30. The third-order valence-electron chi connectivity index (χ3n) is 4.56. The molecule has 11 heteroatoms. The summed E-state index contributed by atoms with van der Waals surface area (Å²) in [4.78, 5) is 28.0. The molecule has 1 aromatic carbocycles. The molecule has 0 spiro atoms. The summed E-state index contributed by atoms with van der Waals surface area (Å²) in [6.45, 7) is 2.92. The lowest BCUT2D eigenvalue weighted by Gasteiger charge is -2.09. The minimum atomic E-state index is -0.439. The number of hydrazone groups is 1. The van der Waals surface area contributed by atoms with Crippen LogP contribution < -0.4 is 10.7 Å². The third-order valence-corrected chi connectivity index (χ3v) is 7.40. The predicted octanol–water partition coefficient (Wildman–Crippen LogP) is 4.93. The van der Waals surface area contributed by atoms with Gasteiger partial charge in [-0.15, -0.1) is 22.7 Å². The maximum absolute atomic E-state index is 12.5. The Morgan fingerprint density at radius 2 is 1.79 bits per heavy atom. The van der Waals surface area contributed by atoms with E-state index in [0.717, 1.165) is 23.4 Å². The molecule has 0 unspecified atom stereocenters. The predicted molar refractivity (Wildman–Crippen MR) is 136 cm³/mol. The number of halogens is 2. The number of aromatic hydroxyl groups is 1. The number of likely N-dealkylation sites (N-methyl/N-ethyl adjacent to an activating group) is 1. The Morgan fingerprint density at radius 3 is 2.45 bits per heavy atom. The Kier molecular flexibility index (Phi) is 8.50. The molecule has 0 aliphatic rings. The molecule has 0 atom stereocenters. The van der Waals surface area contributed by atoms with Gasteiger partial charge in [0.1, 0.15) is 5.75 Å². The number of carbonyl (C=O) groups excluding carboxylic acids is 2. The van der Waals surface area contributed by atoms with Gasteiger partial charge in [-0.1, -0.05) is 29.3 Å². The first-order valence-corrected chi connectivity index (χ1v) is 12.3. The van der Waals surface area contributed by atoms with Crippen molar-refractivity contribution in [2.45, 2.75) is 6.92 Å². The summed E-state index contributed by atoms with van der Waals surface area (Å²) in [5, 5.41) is 20.2. The number of nitrogens with one attached hydrogen (secondary N) is 2.